The minimum absolute atomic E-state index is 0.0648. The summed E-state index contributed by atoms with van der Waals surface area (Å²) in [5.74, 6) is 0. The van der Waals surface area contributed by atoms with Gasteiger partial charge < -0.3 is 0 Å². The maximum atomic E-state index is 12.7. The van der Waals surface area contributed by atoms with Gasteiger partial charge in [-0.1, -0.05) is 6.42 Å². The Morgan fingerprint density at radius 3 is 2.25 bits per heavy atom. The second-order valence-electron chi connectivity index (χ2n) is 3.95. The van der Waals surface area contributed by atoms with Crippen LogP contribution in [-0.2, 0) is 10.2 Å². The van der Waals surface area contributed by atoms with Crippen LogP contribution in [0.25, 0.3) is 0 Å². The third-order valence-corrected chi connectivity index (χ3v) is 4.54. The molecule has 16 heavy (non-hydrogen) atoms. The first-order valence-corrected chi connectivity index (χ1v) is 6.33. The van der Waals surface area contributed by atoms with Gasteiger partial charge in [0.05, 0.1) is 0 Å². The first-order chi connectivity index (χ1) is 7.17. The zero-order valence-corrected chi connectivity index (χ0v) is 9.98. The summed E-state index contributed by atoms with van der Waals surface area (Å²) in [5.41, 5.74) is 0. The van der Waals surface area contributed by atoms with Crippen LogP contribution in [0.2, 0.25) is 0 Å². The van der Waals surface area contributed by atoms with Gasteiger partial charge in [-0.25, -0.2) is 0 Å². The van der Waals surface area contributed by atoms with Crippen LogP contribution >= 0.6 is 0 Å². The largest absolute Gasteiger partial charge is 0.405 e. The Balaban J connectivity index is 3.00. The summed E-state index contributed by atoms with van der Waals surface area (Å²) in [7, 11) is -1.52. The minimum Gasteiger partial charge on any atom is -0.195 e. The van der Waals surface area contributed by atoms with Gasteiger partial charge >= 0.3 is 6.18 Å². The summed E-state index contributed by atoms with van der Waals surface area (Å²) in [5, 5.41) is 0. The lowest BCUT2D eigenvalue weighted by molar-refractivity contribution is -0.177. The highest BCUT2D eigenvalue weighted by Crippen LogP contribution is 2.33. The van der Waals surface area contributed by atoms with Gasteiger partial charge in [0, 0.05) is 20.6 Å². The van der Waals surface area contributed by atoms with Gasteiger partial charge in [0.2, 0.25) is 0 Å². The van der Waals surface area contributed by atoms with E-state index in [0.717, 1.165) is 4.31 Å². The average Bonchev–Trinajstić information content (AvgIpc) is 2.16. The molecule has 0 aromatic heterocycles. The van der Waals surface area contributed by atoms with Crippen LogP contribution < -0.4 is 0 Å². The molecule has 1 aliphatic rings. The monoisotopic (exact) mass is 260 g/mol. The molecule has 1 atom stereocenters. The molecule has 96 valence electrons. The molecule has 0 aliphatic carbocycles. The summed E-state index contributed by atoms with van der Waals surface area (Å²) >= 11 is 0. The molecule has 0 bridgehead atoms. The van der Waals surface area contributed by atoms with Crippen molar-refractivity contribution in [3.05, 3.63) is 0 Å². The summed E-state index contributed by atoms with van der Waals surface area (Å²) in [6, 6.07) is -1.88. The van der Waals surface area contributed by atoms with Gasteiger partial charge in [-0.15, -0.1) is 0 Å². The second-order valence-corrected chi connectivity index (χ2v) is 6.05. The van der Waals surface area contributed by atoms with E-state index >= 15 is 0 Å². The highest BCUT2D eigenvalue weighted by molar-refractivity contribution is 7.86. The van der Waals surface area contributed by atoms with Crippen LogP contribution in [0.1, 0.15) is 19.3 Å². The Kier molecular flexibility index (Phi) is 3.86. The van der Waals surface area contributed by atoms with Gasteiger partial charge in [-0.2, -0.15) is 30.2 Å². The summed E-state index contributed by atoms with van der Waals surface area (Å²) in [6.07, 6.45) is -3.77. The molecule has 0 N–H and O–H groups in total. The van der Waals surface area contributed by atoms with Crippen molar-refractivity contribution in [2.75, 3.05) is 20.6 Å². The lowest BCUT2D eigenvalue weighted by atomic mass is 10.1. The van der Waals surface area contributed by atoms with Gasteiger partial charge in [0.15, 0.2) is 0 Å². The smallest absolute Gasteiger partial charge is 0.195 e. The minimum atomic E-state index is -4.50. The summed E-state index contributed by atoms with van der Waals surface area (Å²) in [4.78, 5) is 0. The number of alkyl halides is 3. The lowest BCUT2D eigenvalue weighted by Gasteiger charge is -2.36. The highest BCUT2D eigenvalue weighted by Gasteiger charge is 2.49. The fourth-order valence-corrected chi connectivity index (χ4v) is 3.04. The van der Waals surface area contributed by atoms with Crippen molar-refractivity contribution in [2.45, 2.75) is 31.5 Å². The normalized spacial score (nSPS) is 25.0. The molecule has 0 aromatic rings. The van der Waals surface area contributed by atoms with Crippen molar-refractivity contribution in [1.29, 1.82) is 0 Å². The third kappa shape index (κ3) is 2.67. The molecule has 1 fully saturated rings. The second kappa shape index (κ2) is 4.50. The van der Waals surface area contributed by atoms with Gasteiger partial charge in [0.25, 0.3) is 10.2 Å². The van der Waals surface area contributed by atoms with E-state index in [1.807, 2.05) is 0 Å². The average molecular weight is 260 g/mol. The van der Waals surface area contributed by atoms with E-state index in [1.165, 1.54) is 14.1 Å². The predicted molar refractivity (Wildman–Crippen MR) is 53.0 cm³/mol. The van der Waals surface area contributed by atoms with E-state index in [-0.39, 0.29) is 13.0 Å². The molecule has 1 aliphatic heterocycles. The Hall–Kier alpha value is -0.340. The van der Waals surface area contributed by atoms with Crippen LogP contribution in [0.5, 0.6) is 0 Å². The molecule has 8 heteroatoms. The van der Waals surface area contributed by atoms with E-state index in [1.54, 1.807) is 0 Å². The Morgan fingerprint density at radius 1 is 1.25 bits per heavy atom. The highest BCUT2D eigenvalue weighted by atomic mass is 32.2. The molecule has 0 saturated carbocycles. The Labute approximate surface area is 93.2 Å². The zero-order valence-electron chi connectivity index (χ0n) is 9.16. The van der Waals surface area contributed by atoms with Gasteiger partial charge in [0.1, 0.15) is 6.04 Å². The molecule has 1 saturated heterocycles. The molecule has 0 aromatic carbocycles. The van der Waals surface area contributed by atoms with Crippen LogP contribution in [0.3, 0.4) is 0 Å². The first kappa shape index (κ1) is 13.7. The summed E-state index contributed by atoms with van der Waals surface area (Å²) < 4.78 is 62.7. The fraction of sp³-hybridized carbons (Fsp3) is 1.00. The number of piperidine rings is 1. The number of nitrogens with zero attached hydrogens (tertiary/aromatic N) is 2. The van der Waals surface area contributed by atoms with Crippen molar-refractivity contribution in [1.82, 2.24) is 8.61 Å². The van der Waals surface area contributed by atoms with Crippen LogP contribution in [0.15, 0.2) is 0 Å². The summed E-state index contributed by atoms with van der Waals surface area (Å²) in [6.45, 7) is -0.0648. The number of hydrogen-bond donors (Lipinski definition) is 0. The van der Waals surface area contributed by atoms with Crippen LogP contribution in [0.4, 0.5) is 13.2 Å². The van der Waals surface area contributed by atoms with E-state index in [4.69, 9.17) is 0 Å². The Morgan fingerprint density at radius 2 is 1.81 bits per heavy atom. The number of halogens is 3. The fourth-order valence-electron chi connectivity index (χ4n) is 1.72. The molecular weight excluding hydrogens is 245 g/mol. The molecular formula is C8H15F3N2O2S. The van der Waals surface area contributed by atoms with Crippen molar-refractivity contribution in [3.63, 3.8) is 0 Å². The molecule has 1 heterocycles. The van der Waals surface area contributed by atoms with E-state index in [9.17, 15) is 21.6 Å². The molecule has 4 nitrogen and oxygen atoms in total. The van der Waals surface area contributed by atoms with Gasteiger partial charge in [-0.3, -0.25) is 0 Å². The third-order valence-electron chi connectivity index (χ3n) is 2.59. The zero-order chi connectivity index (χ0) is 12.6. The number of hydrogen-bond acceptors (Lipinski definition) is 2. The molecule has 0 radical (unpaired) electrons. The number of rotatable bonds is 2. The van der Waals surface area contributed by atoms with E-state index < -0.39 is 22.4 Å². The van der Waals surface area contributed by atoms with Gasteiger partial charge in [-0.05, 0) is 12.8 Å². The molecule has 1 unspecified atom stereocenters. The van der Waals surface area contributed by atoms with Crippen molar-refractivity contribution < 1.29 is 21.6 Å². The van der Waals surface area contributed by atoms with Crippen molar-refractivity contribution in [3.8, 4) is 0 Å². The SMILES string of the molecule is CN(C)S(=O)(=O)N1CCCCC1C(F)(F)F. The maximum Gasteiger partial charge on any atom is 0.405 e. The van der Waals surface area contributed by atoms with Crippen molar-refractivity contribution >= 4 is 10.2 Å². The predicted octanol–water partition coefficient (Wildman–Crippen LogP) is 1.21. The Bertz CT molecular complexity index is 340. The molecule has 0 amide bonds. The van der Waals surface area contributed by atoms with E-state index in [0.29, 0.717) is 17.1 Å². The molecule has 1 rings (SSSR count). The van der Waals surface area contributed by atoms with Crippen molar-refractivity contribution in [2.24, 2.45) is 0 Å². The topological polar surface area (TPSA) is 40.6 Å². The van der Waals surface area contributed by atoms with E-state index in [2.05, 4.69) is 0 Å². The quantitative estimate of drug-likeness (QED) is 0.748. The molecule has 0 spiro atoms. The van der Waals surface area contributed by atoms with Crippen LogP contribution in [-0.4, -0.2) is 49.9 Å². The standard InChI is InChI=1S/C8H15F3N2O2S/c1-12(2)16(14,15)13-6-4-3-5-7(13)8(9,10)11/h7H,3-6H2,1-2H3. The first-order valence-electron chi connectivity index (χ1n) is 4.93. The maximum absolute atomic E-state index is 12.7. The lowest BCUT2D eigenvalue weighted by Crippen LogP contribution is -2.54. The van der Waals surface area contributed by atoms with Crippen LogP contribution in [0, 0.1) is 0 Å².